The van der Waals surface area contributed by atoms with Crippen LogP contribution in [0, 0.1) is 0 Å². The number of ether oxygens (including phenoxy) is 2. The number of hydrogen-bond donors (Lipinski definition) is 1. The second kappa shape index (κ2) is 8.65. The fourth-order valence-corrected chi connectivity index (χ4v) is 2.99. The van der Waals surface area contributed by atoms with E-state index < -0.39 is 0 Å². The molecule has 1 aliphatic carbocycles. The van der Waals surface area contributed by atoms with Crippen molar-refractivity contribution in [2.75, 3.05) is 6.61 Å². The Morgan fingerprint density at radius 2 is 2.00 bits per heavy atom. The zero-order valence-electron chi connectivity index (χ0n) is 15.3. The molecule has 6 nitrogen and oxygen atoms in total. The molecule has 0 aliphatic heterocycles. The van der Waals surface area contributed by atoms with Crippen LogP contribution in [0.2, 0.25) is 0 Å². The topological polar surface area (TPSA) is 73.3 Å². The third kappa shape index (κ3) is 4.94. The van der Waals surface area contributed by atoms with Gasteiger partial charge < -0.3 is 14.8 Å². The van der Waals surface area contributed by atoms with Crippen LogP contribution in [-0.2, 0) is 24.2 Å². The van der Waals surface area contributed by atoms with E-state index in [-0.39, 0.29) is 18.6 Å². The van der Waals surface area contributed by atoms with Gasteiger partial charge in [0.15, 0.2) is 6.61 Å². The lowest BCUT2D eigenvalue weighted by Gasteiger charge is -2.18. The first kappa shape index (κ1) is 18.2. The summed E-state index contributed by atoms with van der Waals surface area (Å²) in [6, 6.07) is 5.53. The molecule has 1 N–H and O–H groups in total. The highest BCUT2D eigenvalue weighted by Gasteiger charge is 2.15. The fraction of sp³-hybridized carbons (Fsp3) is 0.450. The molecule has 0 fully saturated rings. The molecular formula is C20H25N3O3. The number of carbonyl (C=O) groups excluding carboxylic acids is 1. The first-order valence-corrected chi connectivity index (χ1v) is 9.09. The summed E-state index contributed by atoms with van der Waals surface area (Å²) in [6.07, 6.45) is 7.76. The molecule has 0 spiro atoms. The molecule has 0 unspecified atom stereocenters. The van der Waals surface area contributed by atoms with Gasteiger partial charge in [-0.2, -0.15) is 0 Å². The minimum Gasteiger partial charge on any atom is -0.483 e. The molecular weight excluding hydrogens is 330 g/mol. The van der Waals surface area contributed by atoms with E-state index in [1.54, 1.807) is 12.4 Å². The van der Waals surface area contributed by atoms with Gasteiger partial charge in [0.2, 0.25) is 5.88 Å². The lowest BCUT2D eigenvalue weighted by atomic mass is 9.95. The first-order chi connectivity index (χ1) is 12.6. The van der Waals surface area contributed by atoms with Gasteiger partial charge in [-0.25, -0.2) is 4.98 Å². The van der Waals surface area contributed by atoms with Crippen molar-refractivity contribution >= 4 is 5.91 Å². The minimum atomic E-state index is -0.158. The van der Waals surface area contributed by atoms with Crippen molar-refractivity contribution in [1.29, 1.82) is 0 Å². The molecule has 2 heterocycles. The molecule has 0 atom stereocenters. The number of aryl methyl sites for hydroxylation is 1. The van der Waals surface area contributed by atoms with Crippen LogP contribution in [0.4, 0.5) is 0 Å². The van der Waals surface area contributed by atoms with Crippen molar-refractivity contribution < 1.29 is 14.3 Å². The largest absolute Gasteiger partial charge is 0.483 e. The Bertz CT molecular complexity index is 762. The fourth-order valence-electron chi connectivity index (χ4n) is 2.99. The number of nitrogens with zero attached hydrogens (tertiary/aromatic N) is 2. The third-order valence-electron chi connectivity index (χ3n) is 4.20. The van der Waals surface area contributed by atoms with E-state index in [0.29, 0.717) is 12.4 Å². The number of fused-ring (bicyclic) bond motifs is 1. The Morgan fingerprint density at radius 3 is 2.85 bits per heavy atom. The lowest BCUT2D eigenvalue weighted by molar-refractivity contribution is -0.123. The van der Waals surface area contributed by atoms with Crippen LogP contribution in [0.3, 0.4) is 0 Å². The number of pyridine rings is 2. The standard InChI is InChI=1S/C20H25N3O3/c1-14(2)26-20-11-15(7-9-22-20)12-23-19(24)13-25-18-8-10-21-17-6-4-3-5-16(17)18/h7-11,14H,3-6,12-13H2,1-2H3,(H,23,24). The van der Waals surface area contributed by atoms with E-state index in [1.807, 2.05) is 32.0 Å². The Kier molecular flexibility index (Phi) is 6.04. The average Bonchev–Trinajstić information content (AvgIpc) is 2.64. The van der Waals surface area contributed by atoms with Crippen molar-refractivity contribution in [3.8, 4) is 11.6 Å². The number of hydrogen-bond acceptors (Lipinski definition) is 5. The molecule has 138 valence electrons. The van der Waals surface area contributed by atoms with Crippen molar-refractivity contribution in [3.63, 3.8) is 0 Å². The van der Waals surface area contributed by atoms with Crippen LogP contribution in [0.25, 0.3) is 0 Å². The summed E-state index contributed by atoms with van der Waals surface area (Å²) in [5, 5.41) is 2.87. The summed E-state index contributed by atoms with van der Waals surface area (Å²) in [4.78, 5) is 20.7. The molecule has 26 heavy (non-hydrogen) atoms. The molecule has 0 saturated heterocycles. The monoisotopic (exact) mass is 355 g/mol. The highest BCUT2D eigenvalue weighted by Crippen LogP contribution is 2.27. The Labute approximate surface area is 154 Å². The van der Waals surface area contributed by atoms with Gasteiger partial charge in [-0.05, 0) is 57.2 Å². The van der Waals surface area contributed by atoms with Crippen LogP contribution < -0.4 is 14.8 Å². The van der Waals surface area contributed by atoms with Crippen molar-refractivity contribution in [1.82, 2.24) is 15.3 Å². The molecule has 0 aromatic carbocycles. The van der Waals surface area contributed by atoms with Gasteiger partial charge in [0.25, 0.3) is 5.91 Å². The molecule has 0 saturated carbocycles. The molecule has 1 amide bonds. The maximum atomic E-state index is 12.1. The smallest absolute Gasteiger partial charge is 0.258 e. The van der Waals surface area contributed by atoms with Gasteiger partial charge in [0.05, 0.1) is 6.10 Å². The van der Waals surface area contributed by atoms with Gasteiger partial charge in [-0.15, -0.1) is 0 Å². The van der Waals surface area contributed by atoms with E-state index >= 15 is 0 Å². The summed E-state index contributed by atoms with van der Waals surface area (Å²) in [5.41, 5.74) is 3.19. The summed E-state index contributed by atoms with van der Waals surface area (Å²) in [5.74, 6) is 1.18. The predicted molar refractivity (Wildman–Crippen MR) is 98.2 cm³/mol. The van der Waals surface area contributed by atoms with Gasteiger partial charge in [0, 0.05) is 36.3 Å². The minimum absolute atomic E-state index is 0.00309. The summed E-state index contributed by atoms with van der Waals surface area (Å²) >= 11 is 0. The third-order valence-corrected chi connectivity index (χ3v) is 4.20. The van der Waals surface area contributed by atoms with Crippen molar-refractivity contribution in [2.45, 2.75) is 52.2 Å². The summed E-state index contributed by atoms with van der Waals surface area (Å²) < 4.78 is 11.3. The number of nitrogens with one attached hydrogen (secondary N) is 1. The van der Waals surface area contributed by atoms with Crippen molar-refractivity contribution in [3.05, 3.63) is 47.4 Å². The molecule has 0 radical (unpaired) electrons. The Morgan fingerprint density at radius 1 is 1.19 bits per heavy atom. The summed E-state index contributed by atoms with van der Waals surface area (Å²) in [6.45, 7) is 4.31. The SMILES string of the molecule is CC(C)Oc1cc(CNC(=O)COc2ccnc3c2CCCC3)ccn1. The van der Waals surface area contributed by atoms with E-state index in [2.05, 4.69) is 15.3 Å². The van der Waals surface area contributed by atoms with Crippen molar-refractivity contribution in [2.24, 2.45) is 0 Å². The Balaban J connectivity index is 1.51. The van der Waals surface area contributed by atoms with E-state index in [1.165, 1.54) is 6.42 Å². The predicted octanol–water partition coefficient (Wildman–Crippen LogP) is 2.84. The van der Waals surface area contributed by atoms with E-state index in [4.69, 9.17) is 9.47 Å². The second-order valence-electron chi connectivity index (χ2n) is 6.68. The first-order valence-electron chi connectivity index (χ1n) is 9.09. The van der Waals surface area contributed by atoms with Crippen LogP contribution in [0.15, 0.2) is 30.6 Å². The zero-order valence-corrected chi connectivity index (χ0v) is 15.3. The molecule has 2 aromatic heterocycles. The van der Waals surface area contributed by atoms with E-state index in [0.717, 1.165) is 41.8 Å². The van der Waals surface area contributed by atoms with E-state index in [9.17, 15) is 4.79 Å². The molecule has 2 aromatic rings. The molecule has 0 bridgehead atoms. The average molecular weight is 355 g/mol. The van der Waals surface area contributed by atoms with Gasteiger partial charge in [-0.1, -0.05) is 0 Å². The number of amides is 1. The molecule has 3 rings (SSSR count). The van der Waals surface area contributed by atoms with Gasteiger partial charge in [-0.3, -0.25) is 9.78 Å². The normalized spacial score (nSPS) is 13.2. The van der Waals surface area contributed by atoms with Crippen LogP contribution in [0.1, 0.15) is 43.5 Å². The molecule has 1 aliphatic rings. The Hall–Kier alpha value is -2.63. The van der Waals surface area contributed by atoms with Crippen LogP contribution >= 0.6 is 0 Å². The maximum absolute atomic E-state index is 12.1. The number of rotatable bonds is 7. The van der Waals surface area contributed by atoms with Crippen LogP contribution in [-0.4, -0.2) is 28.6 Å². The number of carbonyl (C=O) groups is 1. The van der Waals surface area contributed by atoms with Crippen LogP contribution in [0.5, 0.6) is 11.6 Å². The quantitative estimate of drug-likeness (QED) is 0.827. The highest BCUT2D eigenvalue weighted by molar-refractivity contribution is 5.77. The van der Waals surface area contributed by atoms with Gasteiger partial charge >= 0.3 is 0 Å². The molecule has 6 heteroatoms. The van der Waals surface area contributed by atoms with Gasteiger partial charge in [0.1, 0.15) is 5.75 Å². The number of aromatic nitrogens is 2. The highest BCUT2D eigenvalue weighted by atomic mass is 16.5. The summed E-state index contributed by atoms with van der Waals surface area (Å²) in [7, 11) is 0. The maximum Gasteiger partial charge on any atom is 0.258 e. The second-order valence-corrected chi connectivity index (χ2v) is 6.68. The zero-order chi connectivity index (χ0) is 18.4. The lowest BCUT2D eigenvalue weighted by Crippen LogP contribution is -2.28.